The first-order valence-electron chi connectivity index (χ1n) is 18.2. The molecule has 1 aliphatic heterocycles. The number of hydrogen-bond donors (Lipinski definition) is 2. The highest BCUT2D eigenvalue weighted by molar-refractivity contribution is 5.93. The molecule has 0 bridgehead atoms. The molecule has 3 fully saturated rings. The van der Waals surface area contributed by atoms with E-state index >= 15 is 8.78 Å². The van der Waals surface area contributed by atoms with Gasteiger partial charge in [0.15, 0.2) is 12.4 Å². The van der Waals surface area contributed by atoms with Gasteiger partial charge in [0.25, 0.3) is 0 Å². The topological polar surface area (TPSA) is 78.9 Å². The van der Waals surface area contributed by atoms with Gasteiger partial charge in [-0.1, -0.05) is 36.5 Å². The van der Waals surface area contributed by atoms with E-state index in [-0.39, 0.29) is 31.1 Å². The second-order valence-corrected chi connectivity index (χ2v) is 15.2. The van der Waals surface area contributed by atoms with Crippen LogP contribution < -0.4 is 10.2 Å². The highest BCUT2D eigenvalue weighted by Crippen LogP contribution is 2.70. The van der Waals surface area contributed by atoms with Crippen molar-refractivity contribution in [2.75, 3.05) is 29.9 Å². The predicted octanol–water partition coefficient (Wildman–Crippen LogP) is 9.11. The van der Waals surface area contributed by atoms with E-state index in [1.165, 1.54) is 26.2 Å². The Kier molecular flexibility index (Phi) is 9.52. The van der Waals surface area contributed by atoms with Gasteiger partial charge in [-0.05, 0) is 129 Å². The molecule has 2 unspecified atom stereocenters. The molecule has 0 aromatic heterocycles. The average molecular weight is 723 g/mol. The van der Waals surface area contributed by atoms with E-state index in [0.29, 0.717) is 36.9 Å². The lowest BCUT2D eigenvalue weighted by atomic mass is 9.50. The van der Waals surface area contributed by atoms with Gasteiger partial charge in [-0.2, -0.15) is 22.0 Å². The molecule has 1 saturated heterocycles. The zero-order chi connectivity index (χ0) is 36.9. The molecule has 2 saturated carbocycles. The zero-order valence-corrected chi connectivity index (χ0v) is 29.1. The Morgan fingerprint density at radius 2 is 1.69 bits per heavy atom. The number of benzene rings is 2. The van der Waals surface area contributed by atoms with Gasteiger partial charge < -0.3 is 14.7 Å². The number of piperidine rings is 1. The number of alkyl halides is 5. The monoisotopic (exact) mass is 722 g/mol. The number of allylic oxidation sites excluding steroid dienone is 4. The van der Waals surface area contributed by atoms with Crippen LogP contribution in [0.4, 0.5) is 38.1 Å². The fourth-order valence-electron chi connectivity index (χ4n) is 9.81. The van der Waals surface area contributed by atoms with Crippen LogP contribution in [0.3, 0.4) is 0 Å². The summed E-state index contributed by atoms with van der Waals surface area (Å²) >= 11 is 0. The summed E-state index contributed by atoms with van der Waals surface area (Å²) in [5.74, 6) is -0.871. The molecular weight excluding hydrogens is 679 g/mol. The van der Waals surface area contributed by atoms with Gasteiger partial charge in [-0.25, -0.2) is 4.79 Å². The summed E-state index contributed by atoms with van der Waals surface area (Å²) in [5.41, 5.74) is 1.01. The molecule has 1 amide bonds. The SMILES string of the molecule is C[C@]12C[C@H](c3ccc(C#CCOC(=O)Nc4ccc(N5CCCCC5)cc4)cc3)C3=C4CCC(=O)C=C4CCC3C1CC[C@@]2(O)C(F)(F)C(F)(F)F. The van der Waals surface area contributed by atoms with Crippen molar-refractivity contribution in [3.05, 3.63) is 82.5 Å². The third-order valence-corrected chi connectivity index (χ3v) is 12.4. The number of carbonyl (C=O) groups is 2. The van der Waals surface area contributed by atoms with Crippen molar-refractivity contribution in [1.82, 2.24) is 0 Å². The third kappa shape index (κ3) is 6.31. The van der Waals surface area contributed by atoms with Gasteiger partial charge >= 0.3 is 18.2 Å². The number of rotatable bonds is 5. The molecule has 1 heterocycles. The second-order valence-electron chi connectivity index (χ2n) is 15.2. The number of fused-ring (bicyclic) bond motifs is 4. The maximum absolute atomic E-state index is 15.3. The smallest absolute Gasteiger partial charge is 0.436 e. The maximum Gasteiger partial charge on any atom is 0.456 e. The van der Waals surface area contributed by atoms with E-state index in [9.17, 15) is 27.9 Å². The van der Waals surface area contributed by atoms with Crippen molar-refractivity contribution >= 4 is 23.3 Å². The minimum absolute atomic E-state index is 0.0290. The van der Waals surface area contributed by atoms with Crippen LogP contribution in [-0.2, 0) is 9.53 Å². The lowest BCUT2D eigenvalue weighted by Gasteiger charge is -2.56. The Balaban J connectivity index is 1.08. The number of nitrogens with zero attached hydrogens (tertiary/aromatic N) is 1. The molecular formula is C41H43F5N2O4. The van der Waals surface area contributed by atoms with Crippen LogP contribution in [0.5, 0.6) is 0 Å². The summed E-state index contributed by atoms with van der Waals surface area (Å²) in [7, 11) is 0. The number of hydrogen-bond acceptors (Lipinski definition) is 5. The first-order valence-corrected chi connectivity index (χ1v) is 18.2. The molecule has 52 heavy (non-hydrogen) atoms. The number of carbonyl (C=O) groups excluding carboxylic acids is 2. The molecule has 0 spiro atoms. The second kappa shape index (κ2) is 13.7. The number of anilines is 2. The Hall–Kier alpha value is -4.17. The molecule has 6 nitrogen and oxygen atoms in total. The number of ether oxygens (including phenoxy) is 1. The molecule has 5 atom stereocenters. The predicted molar refractivity (Wildman–Crippen MR) is 187 cm³/mol. The van der Waals surface area contributed by atoms with E-state index in [0.717, 1.165) is 41.1 Å². The molecule has 11 heteroatoms. The molecule has 2 aromatic rings. The maximum atomic E-state index is 15.3. The molecule has 4 aliphatic carbocycles. The van der Waals surface area contributed by atoms with Gasteiger partial charge in [0.05, 0.1) is 0 Å². The van der Waals surface area contributed by atoms with Crippen LogP contribution in [0, 0.1) is 29.1 Å². The van der Waals surface area contributed by atoms with Gasteiger partial charge in [-0.15, -0.1) is 0 Å². The number of nitrogens with one attached hydrogen (secondary N) is 1. The third-order valence-electron chi connectivity index (χ3n) is 12.4. The van der Waals surface area contributed by atoms with Crippen LogP contribution in [0.25, 0.3) is 0 Å². The van der Waals surface area contributed by atoms with Gasteiger partial charge in [0, 0.05) is 47.8 Å². The van der Waals surface area contributed by atoms with Crippen LogP contribution in [0.15, 0.2) is 71.3 Å². The quantitative estimate of drug-likeness (QED) is 0.238. The number of amides is 1. The minimum atomic E-state index is -5.90. The molecule has 2 aromatic carbocycles. The van der Waals surface area contributed by atoms with Crippen molar-refractivity contribution in [1.29, 1.82) is 0 Å². The molecule has 2 N–H and O–H groups in total. The first kappa shape index (κ1) is 36.2. The summed E-state index contributed by atoms with van der Waals surface area (Å²) in [4.78, 5) is 27.0. The van der Waals surface area contributed by atoms with Crippen molar-refractivity contribution in [2.45, 2.75) is 94.7 Å². The van der Waals surface area contributed by atoms with Crippen LogP contribution in [-0.4, -0.2) is 54.4 Å². The summed E-state index contributed by atoms with van der Waals surface area (Å²) in [5, 5.41) is 14.2. The summed E-state index contributed by atoms with van der Waals surface area (Å²) < 4.78 is 77.3. The highest BCUT2D eigenvalue weighted by atomic mass is 19.4. The zero-order valence-electron chi connectivity index (χ0n) is 29.1. The number of aliphatic hydroxyl groups is 1. The largest absolute Gasteiger partial charge is 0.456 e. The fourth-order valence-corrected chi connectivity index (χ4v) is 9.81. The lowest BCUT2D eigenvalue weighted by molar-refractivity contribution is -0.362. The highest BCUT2D eigenvalue weighted by Gasteiger charge is 2.79. The van der Waals surface area contributed by atoms with E-state index in [1.807, 2.05) is 24.3 Å². The van der Waals surface area contributed by atoms with Gasteiger partial charge in [0.1, 0.15) is 5.60 Å². The van der Waals surface area contributed by atoms with Crippen LogP contribution in [0.1, 0.15) is 88.2 Å². The normalized spacial score (nSPS) is 28.9. The molecule has 0 radical (unpaired) electrons. The van der Waals surface area contributed by atoms with Crippen molar-refractivity contribution in [3.8, 4) is 11.8 Å². The van der Waals surface area contributed by atoms with Gasteiger partial charge in [0.2, 0.25) is 0 Å². The molecule has 7 rings (SSSR count). The van der Waals surface area contributed by atoms with Crippen molar-refractivity contribution in [2.24, 2.45) is 17.3 Å². The van der Waals surface area contributed by atoms with E-state index in [4.69, 9.17) is 4.74 Å². The molecule has 5 aliphatic rings. The molecule has 276 valence electrons. The van der Waals surface area contributed by atoms with Crippen molar-refractivity contribution in [3.63, 3.8) is 0 Å². The Labute approximate surface area is 300 Å². The summed E-state index contributed by atoms with van der Waals surface area (Å²) in [6.45, 7) is 3.29. The Bertz CT molecular complexity index is 1830. The average Bonchev–Trinajstić information content (AvgIpc) is 3.41. The van der Waals surface area contributed by atoms with E-state index in [1.54, 1.807) is 30.3 Å². The number of ketones is 1. The Morgan fingerprint density at radius 3 is 2.38 bits per heavy atom. The summed E-state index contributed by atoms with van der Waals surface area (Å²) in [6.07, 6.45) is -0.0985. The van der Waals surface area contributed by atoms with Gasteiger partial charge in [-0.3, -0.25) is 10.1 Å². The first-order chi connectivity index (χ1) is 24.7. The lowest BCUT2D eigenvalue weighted by Crippen LogP contribution is -2.65. The standard InChI is InChI=1S/C41H43F5N2O4/c1-38-25-34(36-32-18-16-31(49)24-28(32)11-17-33(36)35(38)19-20-39(38,51)40(42,43)41(44,45)46)27-9-7-26(8-10-27)6-5-23-52-37(50)47-29-12-14-30(15-13-29)48-21-3-2-4-22-48/h7-10,12-15,24,33-35,51H,2-4,11,16-23,25H2,1H3,(H,47,50)/t33?,34-,35?,38+,39+/m1/s1. The van der Waals surface area contributed by atoms with E-state index in [2.05, 4.69) is 22.1 Å². The fraction of sp³-hybridized carbons (Fsp3) is 0.512. The van der Waals surface area contributed by atoms with E-state index < -0.39 is 47.5 Å². The van der Waals surface area contributed by atoms with Crippen molar-refractivity contribution < 1.29 is 41.4 Å². The van der Waals surface area contributed by atoms with Crippen LogP contribution >= 0.6 is 0 Å². The minimum Gasteiger partial charge on any atom is -0.436 e. The number of halogens is 5. The summed E-state index contributed by atoms with van der Waals surface area (Å²) in [6, 6.07) is 14.7. The Morgan fingerprint density at radius 1 is 0.981 bits per heavy atom. The van der Waals surface area contributed by atoms with Crippen LogP contribution in [0.2, 0.25) is 0 Å².